The molecule has 0 bridgehead atoms. The Bertz CT molecular complexity index is 402. The van der Waals surface area contributed by atoms with E-state index in [-0.39, 0.29) is 11.7 Å². The van der Waals surface area contributed by atoms with Crippen molar-refractivity contribution in [3.05, 3.63) is 27.7 Å². The van der Waals surface area contributed by atoms with Gasteiger partial charge in [-0.05, 0) is 31.9 Å². The molecule has 1 aliphatic rings. The highest BCUT2D eigenvalue weighted by Crippen LogP contribution is 2.38. The topological polar surface area (TPSA) is 26.3 Å². The Balaban J connectivity index is 2.32. The molecule has 0 radical (unpaired) electrons. The van der Waals surface area contributed by atoms with E-state index in [1.54, 1.807) is 12.1 Å². The van der Waals surface area contributed by atoms with Crippen molar-refractivity contribution in [1.82, 2.24) is 0 Å². The molecule has 16 heavy (non-hydrogen) atoms. The van der Waals surface area contributed by atoms with Crippen LogP contribution in [-0.4, -0.2) is 12.4 Å². The lowest BCUT2D eigenvalue weighted by molar-refractivity contribution is 0.0967. The van der Waals surface area contributed by atoms with E-state index in [9.17, 15) is 4.79 Å². The van der Waals surface area contributed by atoms with Crippen LogP contribution in [0.3, 0.4) is 0 Å². The summed E-state index contributed by atoms with van der Waals surface area (Å²) in [6.07, 6.45) is 1.95. The Morgan fingerprint density at radius 2 is 1.94 bits per heavy atom. The number of ketones is 1. The maximum atomic E-state index is 11.8. The van der Waals surface area contributed by atoms with E-state index in [0.717, 1.165) is 12.8 Å². The molecular weight excluding hydrogens is 247 g/mol. The number of rotatable bonds is 4. The van der Waals surface area contributed by atoms with Crippen molar-refractivity contribution >= 4 is 29.0 Å². The number of Topliss-reactive ketones (excluding diaryl/α,β-unsaturated/α-hetero) is 1. The van der Waals surface area contributed by atoms with E-state index in [4.69, 9.17) is 27.9 Å². The Labute approximate surface area is 104 Å². The minimum absolute atomic E-state index is 0.131. The van der Waals surface area contributed by atoms with Gasteiger partial charge in [-0.3, -0.25) is 4.79 Å². The first-order valence-electron chi connectivity index (χ1n) is 5.29. The van der Waals surface area contributed by atoms with Crippen molar-refractivity contribution in [3.63, 3.8) is 0 Å². The molecule has 0 spiro atoms. The summed E-state index contributed by atoms with van der Waals surface area (Å²) >= 11 is 12.0. The van der Waals surface area contributed by atoms with Crippen molar-refractivity contribution in [1.29, 1.82) is 0 Å². The van der Waals surface area contributed by atoms with Gasteiger partial charge in [0.15, 0.2) is 11.5 Å². The number of ether oxygens (including phenoxy) is 1. The van der Waals surface area contributed by atoms with Gasteiger partial charge in [0, 0.05) is 11.5 Å². The largest absolute Gasteiger partial charge is 0.491 e. The molecule has 0 atom stereocenters. The van der Waals surface area contributed by atoms with E-state index in [2.05, 4.69) is 0 Å². The molecule has 0 heterocycles. The van der Waals surface area contributed by atoms with Crippen LogP contribution in [0.15, 0.2) is 12.1 Å². The standard InChI is InChI=1S/C12H12Cl2O2/c1-2-16-12-9(13)5-8(6-10(12)14)11(15)7-3-4-7/h5-7H,2-4H2,1H3. The normalized spacial score (nSPS) is 14.9. The van der Waals surface area contributed by atoms with Crippen LogP contribution in [0.5, 0.6) is 5.75 Å². The predicted molar refractivity (Wildman–Crippen MR) is 64.7 cm³/mol. The minimum Gasteiger partial charge on any atom is -0.491 e. The fraction of sp³-hybridized carbons (Fsp3) is 0.417. The zero-order valence-electron chi connectivity index (χ0n) is 8.93. The molecule has 1 aromatic rings. The third-order valence-electron chi connectivity index (χ3n) is 2.52. The van der Waals surface area contributed by atoms with E-state index in [0.29, 0.717) is 28.0 Å². The minimum atomic E-state index is 0.131. The molecule has 1 saturated carbocycles. The van der Waals surface area contributed by atoms with Gasteiger partial charge in [-0.25, -0.2) is 0 Å². The fourth-order valence-corrected chi connectivity index (χ4v) is 2.16. The van der Waals surface area contributed by atoms with Gasteiger partial charge in [-0.1, -0.05) is 23.2 Å². The molecule has 1 aromatic carbocycles. The summed E-state index contributed by atoms with van der Waals surface area (Å²) in [5.74, 6) is 0.759. The number of halogens is 2. The van der Waals surface area contributed by atoms with Crippen molar-refractivity contribution in [3.8, 4) is 5.75 Å². The van der Waals surface area contributed by atoms with Gasteiger partial charge in [0.1, 0.15) is 0 Å². The summed E-state index contributed by atoms with van der Waals surface area (Å²) in [7, 11) is 0. The van der Waals surface area contributed by atoms with Crippen molar-refractivity contribution < 1.29 is 9.53 Å². The first kappa shape index (κ1) is 11.7. The summed E-state index contributed by atoms with van der Waals surface area (Å²) in [6, 6.07) is 3.28. The van der Waals surface area contributed by atoms with Crippen LogP contribution >= 0.6 is 23.2 Å². The van der Waals surface area contributed by atoms with Crippen LogP contribution in [-0.2, 0) is 0 Å². The molecule has 0 amide bonds. The van der Waals surface area contributed by atoms with E-state index in [1.807, 2.05) is 6.92 Å². The van der Waals surface area contributed by atoms with E-state index in [1.165, 1.54) is 0 Å². The molecule has 1 fully saturated rings. The molecule has 0 aromatic heterocycles. The molecule has 2 rings (SSSR count). The summed E-state index contributed by atoms with van der Waals surface area (Å²) in [5, 5.41) is 0.803. The first-order chi connectivity index (χ1) is 7.63. The zero-order chi connectivity index (χ0) is 11.7. The van der Waals surface area contributed by atoms with Crippen LogP contribution in [0.25, 0.3) is 0 Å². The van der Waals surface area contributed by atoms with Crippen LogP contribution in [0.2, 0.25) is 10.0 Å². The van der Waals surface area contributed by atoms with E-state index >= 15 is 0 Å². The van der Waals surface area contributed by atoms with E-state index < -0.39 is 0 Å². The number of hydrogen-bond donors (Lipinski definition) is 0. The molecule has 0 aliphatic heterocycles. The second kappa shape index (κ2) is 4.64. The summed E-state index contributed by atoms with van der Waals surface area (Å²) in [5.41, 5.74) is 0.584. The van der Waals surface area contributed by atoms with Gasteiger partial charge in [-0.2, -0.15) is 0 Å². The number of benzene rings is 1. The molecule has 4 heteroatoms. The third kappa shape index (κ3) is 2.33. The molecule has 1 aliphatic carbocycles. The average Bonchev–Trinajstić information content (AvgIpc) is 3.05. The highest BCUT2D eigenvalue weighted by Gasteiger charge is 2.31. The van der Waals surface area contributed by atoms with Crippen molar-refractivity contribution in [2.24, 2.45) is 5.92 Å². The Kier molecular flexibility index (Phi) is 3.41. The Morgan fingerprint density at radius 1 is 1.38 bits per heavy atom. The Hall–Kier alpha value is -0.730. The molecule has 2 nitrogen and oxygen atoms in total. The lowest BCUT2D eigenvalue weighted by Gasteiger charge is -2.09. The Morgan fingerprint density at radius 3 is 2.38 bits per heavy atom. The van der Waals surface area contributed by atoms with Crippen LogP contribution in [0, 0.1) is 5.92 Å². The maximum Gasteiger partial charge on any atom is 0.166 e. The maximum absolute atomic E-state index is 11.8. The van der Waals surface area contributed by atoms with Gasteiger partial charge >= 0.3 is 0 Å². The lowest BCUT2D eigenvalue weighted by Crippen LogP contribution is -2.02. The van der Waals surface area contributed by atoms with Gasteiger partial charge < -0.3 is 4.74 Å². The molecule has 0 unspecified atom stereocenters. The second-order valence-corrected chi connectivity index (χ2v) is 4.65. The zero-order valence-corrected chi connectivity index (χ0v) is 10.4. The average molecular weight is 259 g/mol. The van der Waals surface area contributed by atoms with Crippen LogP contribution in [0.4, 0.5) is 0 Å². The summed E-state index contributed by atoms with van der Waals surface area (Å²) in [6.45, 7) is 2.35. The monoisotopic (exact) mass is 258 g/mol. The molecule has 0 N–H and O–H groups in total. The third-order valence-corrected chi connectivity index (χ3v) is 3.08. The highest BCUT2D eigenvalue weighted by molar-refractivity contribution is 6.37. The summed E-state index contributed by atoms with van der Waals surface area (Å²) < 4.78 is 5.30. The number of carbonyl (C=O) groups is 1. The number of hydrogen-bond acceptors (Lipinski definition) is 2. The van der Waals surface area contributed by atoms with Crippen molar-refractivity contribution in [2.45, 2.75) is 19.8 Å². The molecule has 0 saturated heterocycles. The predicted octanol–water partition coefficient (Wildman–Crippen LogP) is 3.98. The van der Waals surface area contributed by atoms with Crippen molar-refractivity contribution in [2.75, 3.05) is 6.61 Å². The highest BCUT2D eigenvalue weighted by atomic mass is 35.5. The quantitative estimate of drug-likeness (QED) is 0.764. The smallest absolute Gasteiger partial charge is 0.166 e. The van der Waals surface area contributed by atoms with Gasteiger partial charge in [-0.15, -0.1) is 0 Å². The lowest BCUT2D eigenvalue weighted by atomic mass is 10.1. The van der Waals surface area contributed by atoms with Gasteiger partial charge in [0.05, 0.1) is 16.7 Å². The fourth-order valence-electron chi connectivity index (χ4n) is 1.57. The SMILES string of the molecule is CCOc1c(Cl)cc(C(=O)C2CC2)cc1Cl. The first-order valence-corrected chi connectivity index (χ1v) is 6.05. The van der Waals surface area contributed by atoms with Gasteiger partial charge in [0.2, 0.25) is 0 Å². The molecule has 86 valence electrons. The summed E-state index contributed by atoms with van der Waals surface area (Å²) in [4.78, 5) is 11.8. The van der Waals surface area contributed by atoms with Crippen LogP contribution < -0.4 is 4.74 Å². The molecular formula is C12H12Cl2O2. The van der Waals surface area contributed by atoms with Gasteiger partial charge in [0.25, 0.3) is 0 Å². The number of carbonyl (C=O) groups excluding carboxylic acids is 1. The van der Waals surface area contributed by atoms with Crippen LogP contribution in [0.1, 0.15) is 30.1 Å². The second-order valence-electron chi connectivity index (χ2n) is 3.84.